The maximum Gasteiger partial charge on any atom is 0.341 e. The van der Waals surface area contributed by atoms with E-state index in [1.807, 2.05) is 6.07 Å². The average Bonchev–Trinajstić information content (AvgIpc) is 2.46. The molecular formula is C15H10ClNO4. The molecule has 0 unspecified atom stereocenters. The Hall–Kier alpha value is -2.71. The van der Waals surface area contributed by atoms with Crippen LogP contribution < -0.4 is 9.47 Å². The molecule has 5 nitrogen and oxygen atoms in total. The molecule has 0 heterocycles. The van der Waals surface area contributed by atoms with Crippen LogP contribution in [0, 0.1) is 11.3 Å². The smallest absolute Gasteiger partial charge is 0.341 e. The van der Waals surface area contributed by atoms with E-state index in [2.05, 4.69) is 0 Å². The first-order valence-corrected chi connectivity index (χ1v) is 6.21. The zero-order valence-corrected chi connectivity index (χ0v) is 11.7. The van der Waals surface area contributed by atoms with Crippen LogP contribution in [0.4, 0.5) is 0 Å². The molecule has 0 amide bonds. The fraction of sp³-hybridized carbons (Fsp3) is 0.0667. The van der Waals surface area contributed by atoms with Gasteiger partial charge in [0, 0.05) is 6.07 Å². The molecule has 0 aliphatic rings. The highest BCUT2D eigenvalue weighted by molar-refractivity contribution is 6.33. The minimum atomic E-state index is -1.20. The molecule has 21 heavy (non-hydrogen) atoms. The third-order valence-electron chi connectivity index (χ3n) is 2.66. The molecule has 0 saturated carbocycles. The van der Waals surface area contributed by atoms with Gasteiger partial charge in [0.1, 0.15) is 22.8 Å². The molecule has 0 atom stereocenters. The molecule has 0 fully saturated rings. The molecule has 106 valence electrons. The summed E-state index contributed by atoms with van der Waals surface area (Å²) >= 11 is 5.87. The van der Waals surface area contributed by atoms with Crippen molar-refractivity contribution in [2.45, 2.75) is 0 Å². The molecule has 0 bridgehead atoms. The highest BCUT2D eigenvalue weighted by Crippen LogP contribution is 2.32. The van der Waals surface area contributed by atoms with E-state index in [4.69, 9.17) is 26.3 Å². The predicted molar refractivity (Wildman–Crippen MR) is 76.2 cm³/mol. The first kappa shape index (κ1) is 14.7. The van der Waals surface area contributed by atoms with Gasteiger partial charge in [-0.3, -0.25) is 0 Å². The lowest BCUT2D eigenvalue weighted by atomic mass is 10.2. The molecule has 1 N–H and O–H groups in total. The summed E-state index contributed by atoms with van der Waals surface area (Å²) in [4.78, 5) is 11.2. The third-order valence-corrected chi connectivity index (χ3v) is 2.98. The quantitative estimate of drug-likeness (QED) is 0.931. The second-order valence-electron chi connectivity index (χ2n) is 4.03. The summed E-state index contributed by atoms with van der Waals surface area (Å²) in [7, 11) is 1.46. The third kappa shape index (κ3) is 3.25. The Morgan fingerprint density at radius 3 is 2.62 bits per heavy atom. The minimum Gasteiger partial charge on any atom is -0.497 e. The molecule has 0 aliphatic heterocycles. The van der Waals surface area contributed by atoms with Crippen LogP contribution in [0.2, 0.25) is 5.02 Å². The first-order chi connectivity index (χ1) is 10.0. The van der Waals surface area contributed by atoms with Crippen molar-refractivity contribution < 1.29 is 19.4 Å². The van der Waals surface area contributed by atoms with E-state index in [1.54, 1.807) is 18.2 Å². The van der Waals surface area contributed by atoms with Gasteiger partial charge in [-0.1, -0.05) is 17.7 Å². The average molecular weight is 304 g/mol. The molecule has 0 spiro atoms. The van der Waals surface area contributed by atoms with E-state index < -0.39 is 5.97 Å². The van der Waals surface area contributed by atoms with Crippen LogP contribution >= 0.6 is 11.6 Å². The van der Waals surface area contributed by atoms with Gasteiger partial charge < -0.3 is 14.6 Å². The number of hydrogen-bond acceptors (Lipinski definition) is 4. The molecule has 0 aromatic heterocycles. The van der Waals surface area contributed by atoms with E-state index in [-0.39, 0.29) is 22.1 Å². The van der Waals surface area contributed by atoms with Crippen molar-refractivity contribution in [3.05, 3.63) is 52.5 Å². The minimum absolute atomic E-state index is 0.0726. The summed E-state index contributed by atoms with van der Waals surface area (Å²) in [6.07, 6.45) is 0. The maximum absolute atomic E-state index is 11.2. The Labute approximate surface area is 125 Å². The molecule has 6 heteroatoms. The molecule has 0 aliphatic carbocycles. The SMILES string of the molecule is COc1cc(C#N)cc(Oc2cccc(Cl)c2C(=O)O)c1. The van der Waals surface area contributed by atoms with Gasteiger partial charge in [-0.25, -0.2) is 4.79 Å². The molecule has 2 aromatic rings. The summed E-state index contributed by atoms with van der Waals surface area (Å²) in [5, 5.41) is 18.2. The lowest BCUT2D eigenvalue weighted by Gasteiger charge is -2.11. The molecule has 2 aromatic carbocycles. The highest BCUT2D eigenvalue weighted by atomic mass is 35.5. The Morgan fingerprint density at radius 1 is 1.29 bits per heavy atom. The number of halogens is 1. The summed E-state index contributed by atoms with van der Waals surface area (Å²) in [6.45, 7) is 0. The summed E-state index contributed by atoms with van der Waals surface area (Å²) in [6, 6.07) is 11.1. The van der Waals surface area contributed by atoms with Crippen molar-refractivity contribution in [1.82, 2.24) is 0 Å². The number of carbonyl (C=O) groups is 1. The van der Waals surface area contributed by atoms with Gasteiger partial charge in [-0.05, 0) is 24.3 Å². The zero-order chi connectivity index (χ0) is 15.4. The molecule has 0 saturated heterocycles. The number of carboxylic acid groups (broad SMARTS) is 1. The fourth-order valence-corrected chi connectivity index (χ4v) is 1.98. The first-order valence-electron chi connectivity index (χ1n) is 5.84. The van der Waals surface area contributed by atoms with E-state index in [9.17, 15) is 9.90 Å². The van der Waals surface area contributed by atoms with E-state index >= 15 is 0 Å². The Morgan fingerprint density at radius 2 is 2.00 bits per heavy atom. The Balaban J connectivity index is 2.46. The number of benzene rings is 2. The van der Waals surface area contributed by atoms with Crippen molar-refractivity contribution in [3.8, 4) is 23.3 Å². The molecular weight excluding hydrogens is 294 g/mol. The van der Waals surface area contributed by atoms with Crippen LogP contribution in [-0.2, 0) is 0 Å². The number of hydrogen-bond donors (Lipinski definition) is 1. The highest BCUT2D eigenvalue weighted by Gasteiger charge is 2.16. The number of ether oxygens (including phenoxy) is 2. The second-order valence-corrected chi connectivity index (χ2v) is 4.44. The van der Waals surface area contributed by atoms with Crippen LogP contribution in [0.25, 0.3) is 0 Å². The van der Waals surface area contributed by atoms with Crippen molar-refractivity contribution in [2.24, 2.45) is 0 Å². The van der Waals surface area contributed by atoms with Crippen molar-refractivity contribution in [1.29, 1.82) is 5.26 Å². The number of aromatic carboxylic acids is 1. The summed E-state index contributed by atoms with van der Waals surface area (Å²) in [5.74, 6) is -0.384. The monoisotopic (exact) mass is 303 g/mol. The van der Waals surface area contributed by atoms with Gasteiger partial charge in [0.05, 0.1) is 23.8 Å². The van der Waals surface area contributed by atoms with Crippen molar-refractivity contribution in [3.63, 3.8) is 0 Å². The lowest BCUT2D eigenvalue weighted by molar-refractivity contribution is 0.0694. The van der Waals surface area contributed by atoms with Crippen LogP contribution in [0.1, 0.15) is 15.9 Å². The van der Waals surface area contributed by atoms with Gasteiger partial charge in [-0.15, -0.1) is 0 Å². The van der Waals surface area contributed by atoms with Crippen LogP contribution in [-0.4, -0.2) is 18.2 Å². The number of nitrogens with zero attached hydrogens (tertiary/aromatic N) is 1. The van der Waals surface area contributed by atoms with E-state index in [1.165, 1.54) is 25.3 Å². The molecule has 2 rings (SSSR count). The normalized spacial score (nSPS) is 9.76. The molecule has 0 radical (unpaired) electrons. The van der Waals surface area contributed by atoms with Gasteiger partial charge in [0.15, 0.2) is 0 Å². The van der Waals surface area contributed by atoms with E-state index in [0.717, 1.165) is 0 Å². The summed E-state index contributed by atoms with van der Waals surface area (Å²) in [5.41, 5.74) is 0.198. The van der Waals surface area contributed by atoms with Gasteiger partial charge in [-0.2, -0.15) is 5.26 Å². The van der Waals surface area contributed by atoms with Gasteiger partial charge >= 0.3 is 5.97 Å². The van der Waals surface area contributed by atoms with Crippen LogP contribution in [0.5, 0.6) is 17.2 Å². The largest absolute Gasteiger partial charge is 0.497 e. The second kappa shape index (κ2) is 6.16. The van der Waals surface area contributed by atoms with Crippen LogP contribution in [0.3, 0.4) is 0 Å². The Kier molecular flexibility index (Phi) is 4.31. The van der Waals surface area contributed by atoms with E-state index in [0.29, 0.717) is 11.3 Å². The number of rotatable bonds is 4. The predicted octanol–water partition coefficient (Wildman–Crippen LogP) is 3.71. The van der Waals surface area contributed by atoms with Gasteiger partial charge in [0.2, 0.25) is 0 Å². The standard InChI is InChI=1S/C15H10ClNO4/c1-20-10-5-9(8-17)6-11(7-10)21-13-4-2-3-12(16)14(13)15(18)19/h2-7H,1H3,(H,18,19). The fourth-order valence-electron chi connectivity index (χ4n) is 1.74. The number of nitriles is 1. The van der Waals surface area contributed by atoms with Crippen molar-refractivity contribution >= 4 is 17.6 Å². The Bertz CT molecular complexity index is 737. The van der Waals surface area contributed by atoms with Crippen molar-refractivity contribution in [2.75, 3.05) is 7.11 Å². The zero-order valence-electron chi connectivity index (χ0n) is 11.0. The number of methoxy groups -OCH3 is 1. The van der Waals surface area contributed by atoms with Crippen LogP contribution in [0.15, 0.2) is 36.4 Å². The topological polar surface area (TPSA) is 79.5 Å². The van der Waals surface area contributed by atoms with Gasteiger partial charge in [0.25, 0.3) is 0 Å². The number of carboxylic acids is 1. The summed E-state index contributed by atoms with van der Waals surface area (Å²) < 4.78 is 10.6. The lowest BCUT2D eigenvalue weighted by Crippen LogP contribution is -2.01. The maximum atomic E-state index is 11.2.